The lowest BCUT2D eigenvalue weighted by atomic mass is 10.0. The Labute approximate surface area is 195 Å². The van der Waals surface area contributed by atoms with Gasteiger partial charge in [-0.1, -0.05) is 32.0 Å². The van der Waals surface area contributed by atoms with Crippen molar-refractivity contribution in [2.24, 2.45) is 5.92 Å². The molecule has 1 aliphatic rings. The quantitative estimate of drug-likeness (QED) is 0.517. The molecule has 1 saturated heterocycles. The minimum Gasteiger partial charge on any atom is -0.493 e. The molecule has 1 aliphatic heterocycles. The molecular weight excluding hydrogens is 416 g/mol. The first-order valence-corrected chi connectivity index (χ1v) is 11.4. The molecule has 8 heteroatoms. The Hall–Kier alpha value is -3.10. The van der Waals surface area contributed by atoms with Crippen LogP contribution in [-0.2, 0) is 11.3 Å². The molecule has 8 nitrogen and oxygen atoms in total. The highest BCUT2D eigenvalue weighted by Gasteiger charge is 2.27. The van der Waals surface area contributed by atoms with Crippen LogP contribution in [0, 0.1) is 5.92 Å². The first-order chi connectivity index (χ1) is 16.0. The standard InChI is InChI=1S/C25H32N6O2/c1-18(2)16-33-22-8-6-5-7-19(22)14-31-9-10-32-23(15-31)24-21(20-11-26-17-27-12-20)13-28-25(29-24)30(3)4/h5-8,11-13,17-18,23H,9-10,14-16H2,1-4H3/t23-/m1/s1. The van der Waals surface area contributed by atoms with Gasteiger partial charge < -0.3 is 14.4 Å². The van der Waals surface area contributed by atoms with Crippen molar-refractivity contribution in [3.05, 3.63) is 60.4 Å². The maximum absolute atomic E-state index is 6.22. The van der Waals surface area contributed by atoms with Crippen LogP contribution >= 0.6 is 0 Å². The molecule has 1 fully saturated rings. The maximum atomic E-state index is 6.22. The minimum atomic E-state index is -0.181. The zero-order chi connectivity index (χ0) is 23.2. The second kappa shape index (κ2) is 10.7. The van der Waals surface area contributed by atoms with Gasteiger partial charge in [-0.05, 0) is 12.0 Å². The van der Waals surface area contributed by atoms with Gasteiger partial charge >= 0.3 is 0 Å². The zero-order valence-electron chi connectivity index (χ0n) is 19.8. The second-order valence-electron chi connectivity index (χ2n) is 8.90. The van der Waals surface area contributed by atoms with E-state index in [1.807, 2.05) is 31.3 Å². The molecule has 0 unspecified atom stereocenters. The van der Waals surface area contributed by atoms with E-state index in [0.29, 0.717) is 25.1 Å². The van der Waals surface area contributed by atoms with Crippen LogP contribution in [0.3, 0.4) is 0 Å². The maximum Gasteiger partial charge on any atom is 0.225 e. The SMILES string of the molecule is CC(C)COc1ccccc1CN1CCO[C@@H](c2nc(N(C)C)ncc2-c2cncnc2)C1. The van der Waals surface area contributed by atoms with Crippen molar-refractivity contribution < 1.29 is 9.47 Å². The molecule has 3 heterocycles. The summed E-state index contributed by atoms with van der Waals surface area (Å²) in [4.78, 5) is 22.0. The number of rotatable bonds is 8. The summed E-state index contributed by atoms with van der Waals surface area (Å²) in [5.74, 6) is 2.09. The summed E-state index contributed by atoms with van der Waals surface area (Å²) in [7, 11) is 3.87. The van der Waals surface area contributed by atoms with Gasteiger partial charge in [-0.15, -0.1) is 0 Å². The fraction of sp³-hybridized carbons (Fsp3) is 0.440. The molecule has 0 bridgehead atoms. The number of para-hydroxylation sites is 1. The van der Waals surface area contributed by atoms with E-state index in [0.717, 1.165) is 42.2 Å². The van der Waals surface area contributed by atoms with Crippen LogP contribution in [0.25, 0.3) is 11.1 Å². The lowest BCUT2D eigenvalue weighted by Crippen LogP contribution is -2.38. The molecule has 33 heavy (non-hydrogen) atoms. The highest BCUT2D eigenvalue weighted by molar-refractivity contribution is 5.64. The third-order valence-electron chi connectivity index (χ3n) is 5.47. The van der Waals surface area contributed by atoms with Crippen LogP contribution in [0.4, 0.5) is 5.95 Å². The molecule has 1 aromatic carbocycles. The first kappa shape index (κ1) is 23.1. The van der Waals surface area contributed by atoms with E-state index in [1.54, 1.807) is 12.4 Å². The summed E-state index contributed by atoms with van der Waals surface area (Å²) in [6.45, 7) is 8.03. The number of nitrogens with zero attached hydrogens (tertiary/aromatic N) is 6. The summed E-state index contributed by atoms with van der Waals surface area (Å²) < 4.78 is 12.3. The molecule has 3 aromatic rings. The Kier molecular flexibility index (Phi) is 7.47. The van der Waals surface area contributed by atoms with Crippen LogP contribution in [-0.4, -0.2) is 65.2 Å². The Balaban J connectivity index is 1.57. The molecule has 1 atom stereocenters. The van der Waals surface area contributed by atoms with Gasteiger partial charge in [0.25, 0.3) is 0 Å². The van der Waals surface area contributed by atoms with Gasteiger partial charge in [0.2, 0.25) is 5.95 Å². The predicted molar refractivity (Wildman–Crippen MR) is 128 cm³/mol. The molecular formula is C25H32N6O2. The Morgan fingerprint density at radius 1 is 1.15 bits per heavy atom. The zero-order valence-corrected chi connectivity index (χ0v) is 19.8. The minimum absolute atomic E-state index is 0.181. The molecule has 174 valence electrons. The third kappa shape index (κ3) is 5.83. The van der Waals surface area contributed by atoms with Crippen molar-refractivity contribution in [2.45, 2.75) is 26.5 Å². The second-order valence-corrected chi connectivity index (χ2v) is 8.90. The highest BCUT2D eigenvalue weighted by atomic mass is 16.5. The van der Waals surface area contributed by atoms with E-state index >= 15 is 0 Å². The van der Waals surface area contributed by atoms with Crippen molar-refractivity contribution in [3.8, 4) is 16.9 Å². The summed E-state index contributed by atoms with van der Waals surface area (Å²) in [6, 6.07) is 8.29. The molecule has 2 aromatic heterocycles. The van der Waals surface area contributed by atoms with Gasteiger partial charge in [-0.25, -0.2) is 19.9 Å². The van der Waals surface area contributed by atoms with Crippen molar-refractivity contribution in [1.29, 1.82) is 0 Å². The van der Waals surface area contributed by atoms with E-state index in [4.69, 9.17) is 14.5 Å². The van der Waals surface area contributed by atoms with Crippen LogP contribution in [0.5, 0.6) is 5.75 Å². The molecule has 0 aliphatic carbocycles. The van der Waals surface area contributed by atoms with Gasteiger partial charge in [-0.3, -0.25) is 4.90 Å². The molecule has 0 saturated carbocycles. The van der Waals surface area contributed by atoms with Crippen molar-refractivity contribution >= 4 is 5.95 Å². The third-order valence-corrected chi connectivity index (χ3v) is 5.47. The number of benzene rings is 1. The van der Waals surface area contributed by atoms with E-state index in [-0.39, 0.29) is 6.10 Å². The van der Waals surface area contributed by atoms with E-state index in [9.17, 15) is 0 Å². The Morgan fingerprint density at radius 3 is 2.70 bits per heavy atom. The molecule has 0 N–H and O–H groups in total. The van der Waals surface area contributed by atoms with E-state index < -0.39 is 0 Å². The van der Waals surface area contributed by atoms with Crippen molar-refractivity contribution in [3.63, 3.8) is 0 Å². The van der Waals surface area contributed by atoms with Crippen LogP contribution in [0.15, 0.2) is 49.2 Å². The van der Waals surface area contributed by atoms with Gasteiger partial charge in [0, 0.05) is 69.0 Å². The predicted octanol–water partition coefficient (Wildman–Crippen LogP) is 3.61. The number of hydrogen-bond donors (Lipinski definition) is 0. The molecule has 0 radical (unpaired) electrons. The normalized spacial score (nSPS) is 16.7. The number of anilines is 1. The summed E-state index contributed by atoms with van der Waals surface area (Å²) >= 11 is 0. The highest BCUT2D eigenvalue weighted by Crippen LogP contribution is 2.32. The number of aromatic nitrogens is 4. The Bertz CT molecular complexity index is 1040. The largest absolute Gasteiger partial charge is 0.493 e. The van der Waals surface area contributed by atoms with Gasteiger partial charge in [0.05, 0.1) is 18.9 Å². The van der Waals surface area contributed by atoms with Crippen LogP contribution < -0.4 is 9.64 Å². The van der Waals surface area contributed by atoms with Gasteiger partial charge in [-0.2, -0.15) is 0 Å². The Morgan fingerprint density at radius 2 is 1.94 bits per heavy atom. The number of morpholine rings is 1. The molecule has 0 spiro atoms. The average Bonchev–Trinajstić information content (AvgIpc) is 2.84. The fourth-order valence-corrected chi connectivity index (χ4v) is 3.79. The van der Waals surface area contributed by atoms with Gasteiger partial charge in [0.1, 0.15) is 18.2 Å². The van der Waals surface area contributed by atoms with Crippen molar-refractivity contribution in [1.82, 2.24) is 24.8 Å². The topological polar surface area (TPSA) is 76.5 Å². The number of hydrogen-bond acceptors (Lipinski definition) is 8. The first-order valence-electron chi connectivity index (χ1n) is 11.4. The van der Waals surface area contributed by atoms with Crippen LogP contribution in [0.2, 0.25) is 0 Å². The smallest absolute Gasteiger partial charge is 0.225 e. The summed E-state index contributed by atoms with van der Waals surface area (Å²) in [5.41, 5.74) is 3.82. The number of ether oxygens (including phenoxy) is 2. The van der Waals surface area contributed by atoms with E-state index in [2.05, 4.69) is 51.9 Å². The average molecular weight is 449 g/mol. The van der Waals surface area contributed by atoms with Crippen LogP contribution in [0.1, 0.15) is 31.2 Å². The monoisotopic (exact) mass is 448 g/mol. The summed E-state index contributed by atoms with van der Waals surface area (Å²) in [5, 5.41) is 0. The molecule has 4 rings (SSSR count). The van der Waals surface area contributed by atoms with Crippen molar-refractivity contribution in [2.75, 3.05) is 45.3 Å². The lowest BCUT2D eigenvalue weighted by Gasteiger charge is -2.34. The summed E-state index contributed by atoms with van der Waals surface area (Å²) in [6.07, 6.45) is 6.75. The fourth-order valence-electron chi connectivity index (χ4n) is 3.79. The molecule has 0 amide bonds. The van der Waals surface area contributed by atoms with E-state index in [1.165, 1.54) is 11.9 Å². The lowest BCUT2D eigenvalue weighted by molar-refractivity contribution is -0.0349. The van der Waals surface area contributed by atoms with Gasteiger partial charge in [0.15, 0.2) is 0 Å².